The molecule has 0 aromatic heterocycles. The Balaban J connectivity index is 2.44. The number of nitrogens with zero attached hydrogens (tertiary/aromatic N) is 1. The van der Waals surface area contributed by atoms with Gasteiger partial charge < -0.3 is 15.3 Å². The summed E-state index contributed by atoms with van der Waals surface area (Å²) in [5, 5.41) is 11.2. The zero-order valence-corrected chi connectivity index (χ0v) is 10.8. The minimum absolute atomic E-state index is 0.266. The van der Waals surface area contributed by atoms with Crippen LogP contribution in [0.4, 0.5) is 4.79 Å². The van der Waals surface area contributed by atoms with Crippen LogP contribution in [0.15, 0.2) is 0 Å². The van der Waals surface area contributed by atoms with E-state index >= 15 is 0 Å². The van der Waals surface area contributed by atoms with Gasteiger partial charge in [0.05, 0.1) is 0 Å². The lowest BCUT2D eigenvalue weighted by molar-refractivity contribution is -0.138. The van der Waals surface area contributed by atoms with Crippen molar-refractivity contribution in [1.29, 1.82) is 0 Å². The topological polar surface area (TPSA) is 69.6 Å². The van der Waals surface area contributed by atoms with Crippen LogP contribution in [0.2, 0.25) is 0 Å². The number of aliphatic carboxylic acids is 1. The van der Waals surface area contributed by atoms with Crippen molar-refractivity contribution >= 4 is 12.0 Å². The summed E-state index contributed by atoms with van der Waals surface area (Å²) >= 11 is 0. The lowest BCUT2D eigenvalue weighted by Gasteiger charge is -2.39. The summed E-state index contributed by atoms with van der Waals surface area (Å²) in [6.07, 6.45) is 3.09. The first-order valence-electron chi connectivity index (χ1n) is 6.16. The molecule has 0 aromatic carbocycles. The van der Waals surface area contributed by atoms with Gasteiger partial charge in [0.2, 0.25) is 0 Å². The number of hydrogen-bond donors (Lipinski definition) is 2. The second-order valence-corrected chi connectivity index (χ2v) is 5.16. The molecule has 0 radical (unpaired) electrons. The van der Waals surface area contributed by atoms with Crippen LogP contribution in [0.3, 0.4) is 0 Å². The summed E-state index contributed by atoms with van der Waals surface area (Å²) in [5.74, 6) is -1.01. The number of likely N-dealkylation sites (tertiary alicyclic amines) is 1. The molecule has 1 fully saturated rings. The van der Waals surface area contributed by atoms with Crippen molar-refractivity contribution in [2.24, 2.45) is 5.41 Å². The van der Waals surface area contributed by atoms with Crippen molar-refractivity contribution in [1.82, 2.24) is 10.2 Å². The molecule has 2 amide bonds. The number of carboxylic acid groups (broad SMARTS) is 1. The van der Waals surface area contributed by atoms with E-state index in [9.17, 15) is 9.59 Å². The molecule has 5 nitrogen and oxygen atoms in total. The summed E-state index contributed by atoms with van der Waals surface area (Å²) < 4.78 is 0. The number of carbonyl (C=O) groups excluding carboxylic acids is 1. The van der Waals surface area contributed by atoms with E-state index in [1.165, 1.54) is 6.92 Å². The third-order valence-corrected chi connectivity index (χ3v) is 3.82. The molecule has 5 heteroatoms. The molecule has 1 heterocycles. The number of piperidine rings is 1. The second kappa shape index (κ2) is 5.38. The number of urea groups is 1. The molecule has 1 atom stereocenters. The molecule has 1 saturated heterocycles. The molecule has 2 N–H and O–H groups in total. The van der Waals surface area contributed by atoms with Gasteiger partial charge in [-0.05, 0) is 25.2 Å². The number of amides is 2. The fourth-order valence-electron chi connectivity index (χ4n) is 1.94. The van der Waals surface area contributed by atoms with Gasteiger partial charge in [0, 0.05) is 13.1 Å². The second-order valence-electron chi connectivity index (χ2n) is 5.16. The van der Waals surface area contributed by atoms with Crippen LogP contribution in [0, 0.1) is 5.41 Å². The molecule has 98 valence electrons. The van der Waals surface area contributed by atoms with Crippen LogP contribution in [-0.4, -0.2) is 41.1 Å². The van der Waals surface area contributed by atoms with Gasteiger partial charge >= 0.3 is 12.0 Å². The number of rotatable bonds is 3. The van der Waals surface area contributed by atoms with Gasteiger partial charge in [-0.25, -0.2) is 4.79 Å². The molecule has 0 bridgehead atoms. The van der Waals surface area contributed by atoms with E-state index in [2.05, 4.69) is 19.2 Å². The van der Waals surface area contributed by atoms with Gasteiger partial charge in [-0.3, -0.25) is 4.79 Å². The van der Waals surface area contributed by atoms with Gasteiger partial charge in [0.1, 0.15) is 6.04 Å². The van der Waals surface area contributed by atoms with Crippen LogP contribution >= 0.6 is 0 Å². The Morgan fingerprint density at radius 3 is 2.35 bits per heavy atom. The average Bonchev–Trinajstić information content (AvgIpc) is 2.29. The lowest BCUT2D eigenvalue weighted by atomic mass is 9.78. The van der Waals surface area contributed by atoms with Crippen molar-refractivity contribution in [3.8, 4) is 0 Å². The Hall–Kier alpha value is -1.26. The van der Waals surface area contributed by atoms with Gasteiger partial charge in [0.15, 0.2) is 0 Å². The lowest BCUT2D eigenvalue weighted by Crippen LogP contribution is -2.50. The van der Waals surface area contributed by atoms with Crippen LogP contribution < -0.4 is 5.32 Å². The highest BCUT2D eigenvalue weighted by Crippen LogP contribution is 2.33. The first-order chi connectivity index (χ1) is 7.88. The van der Waals surface area contributed by atoms with E-state index in [1.807, 2.05) is 0 Å². The molecule has 1 aliphatic heterocycles. The number of nitrogens with one attached hydrogen (secondary N) is 1. The van der Waals surface area contributed by atoms with Crippen LogP contribution in [-0.2, 0) is 4.79 Å². The summed E-state index contributed by atoms with van der Waals surface area (Å²) in [5.41, 5.74) is 0.329. The molecular formula is C12H22N2O3. The Morgan fingerprint density at radius 1 is 1.41 bits per heavy atom. The summed E-state index contributed by atoms with van der Waals surface area (Å²) in [4.78, 5) is 24.1. The molecule has 17 heavy (non-hydrogen) atoms. The van der Waals surface area contributed by atoms with E-state index in [-0.39, 0.29) is 6.03 Å². The van der Waals surface area contributed by atoms with E-state index in [0.717, 1.165) is 19.3 Å². The number of carboxylic acids is 1. The zero-order chi connectivity index (χ0) is 13.1. The quantitative estimate of drug-likeness (QED) is 0.791. The maximum atomic E-state index is 11.8. The van der Waals surface area contributed by atoms with Crippen molar-refractivity contribution in [3.63, 3.8) is 0 Å². The van der Waals surface area contributed by atoms with Gasteiger partial charge in [-0.15, -0.1) is 0 Å². The Morgan fingerprint density at radius 2 is 1.94 bits per heavy atom. The standard InChI is InChI=1S/C12H22N2O3/c1-4-12(3)5-7-14(8-6-12)11(17)13-9(2)10(15)16/h9H,4-8H2,1-3H3,(H,13,17)(H,15,16)/t9-/m0/s1. The maximum absolute atomic E-state index is 11.8. The maximum Gasteiger partial charge on any atom is 0.325 e. The molecule has 0 saturated carbocycles. The molecule has 0 unspecified atom stereocenters. The van der Waals surface area contributed by atoms with Gasteiger partial charge in [-0.1, -0.05) is 20.3 Å². The van der Waals surface area contributed by atoms with E-state index in [0.29, 0.717) is 18.5 Å². The van der Waals surface area contributed by atoms with Crippen LogP contribution in [0.25, 0.3) is 0 Å². The van der Waals surface area contributed by atoms with E-state index in [1.54, 1.807) is 4.90 Å². The molecular weight excluding hydrogens is 220 g/mol. The largest absolute Gasteiger partial charge is 0.480 e. The Bertz CT molecular complexity index is 296. The predicted molar refractivity (Wildman–Crippen MR) is 64.8 cm³/mol. The third-order valence-electron chi connectivity index (χ3n) is 3.82. The highest BCUT2D eigenvalue weighted by Gasteiger charge is 2.30. The van der Waals surface area contributed by atoms with Crippen molar-refractivity contribution in [3.05, 3.63) is 0 Å². The zero-order valence-electron chi connectivity index (χ0n) is 10.8. The average molecular weight is 242 g/mol. The van der Waals surface area contributed by atoms with E-state index in [4.69, 9.17) is 5.11 Å². The normalized spacial score (nSPS) is 20.8. The number of carbonyl (C=O) groups is 2. The van der Waals surface area contributed by atoms with Crippen molar-refractivity contribution < 1.29 is 14.7 Å². The molecule has 0 aliphatic carbocycles. The van der Waals surface area contributed by atoms with Crippen LogP contribution in [0.5, 0.6) is 0 Å². The third kappa shape index (κ3) is 3.61. The van der Waals surface area contributed by atoms with E-state index < -0.39 is 12.0 Å². The highest BCUT2D eigenvalue weighted by atomic mass is 16.4. The fourth-order valence-corrected chi connectivity index (χ4v) is 1.94. The summed E-state index contributed by atoms with van der Waals surface area (Å²) in [7, 11) is 0. The Kier molecular flexibility index (Phi) is 4.37. The molecule has 1 rings (SSSR count). The fraction of sp³-hybridized carbons (Fsp3) is 0.833. The predicted octanol–water partition coefficient (Wildman–Crippen LogP) is 1.68. The van der Waals surface area contributed by atoms with Crippen LogP contribution in [0.1, 0.15) is 40.0 Å². The van der Waals surface area contributed by atoms with Gasteiger partial charge in [0.25, 0.3) is 0 Å². The molecule has 1 aliphatic rings. The molecule has 0 aromatic rings. The first-order valence-corrected chi connectivity index (χ1v) is 6.16. The number of hydrogen-bond acceptors (Lipinski definition) is 2. The SMILES string of the molecule is CCC1(C)CCN(C(=O)N[C@@H](C)C(=O)O)CC1. The molecule has 0 spiro atoms. The summed E-state index contributed by atoms with van der Waals surface area (Å²) in [6, 6.07) is -1.10. The minimum atomic E-state index is -1.01. The van der Waals surface area contributed by atoms with Crippen molar-refractivity contribution in [2.75, 3.05) is 13.1 Å². The summed E-state index contributed by atoms with van der Waals surface area (Å²) in [6.45, 7) is 7.30. The smallest absolute Gasteiger partial charge is 0.325 e. The van der Waals surface area contributed by atoms with Gasteiger partial charge in [-0.2, -0.15) is 0 Å². The minimum Gasteiger partial charge on any atom is -0.480 e. The highest BCUT2D eigenvalue weighted by molar-refractivity contribution is 5.82. The first kappa shape index (κ1) is 13.8. The monoisotopic (exact) mass is 242 g/mol. The van der Waals surface area contributed by atoms with Crippen molar-refractivity contribution in [2.45, 2.75) is 46.1 Å². The Labute approximate surface area is 102 Å².